The lowest BCUT2D eigenvalue weighted by atomic mass is 9.92. The van der Waals surface area contributed by atoms with Crippen molar-refractivity contribution in [3.05, 3.63) is 12.2 Å². The minimum atomic E-state index is 0.200. The Hall–Kier alpha value is -0.830. The van der Waals surface area contributed by atoms with E-state index in [1.165, 1.54) is 0 Å². The average Bonchev–Trinajstić information content (AvgIpc) is 2.15. The number of hydrogen-bond donors (Lipinski definition) is 1. The predicted octanol–water partition coefficient (Wildman–Crippen LogP) is 1.41. The van der Waals surface area contributed by atoms with Crippen molar-refractivity contribution in [1.82, 2.24) is 10.2 Å². The van der Waals surface area contributed by atoms with Crippen LogP contribution in [0.4, 0.5) is 0 Å². The van der Waals surface area contributed by atoms with Gasteiger partial charge in [-0.05, 0) is 33.2 Å². The Labute approximate surface area is 92.5 Å². The Morgan fingerprint density at radius 3 is 2.80 bits per heavy atom. The van der Waals surface area contributed by atoms with Crippen LogP contribution in [0.25, 0.3) is 0 Å². The van der Waals surface area contributed by atoms with Crippen molar-refractivity contribution < 1.29 is 4.79 Å². The lowest BCUT2D eigenvalue weighted by Crippen LogP contribution is -2.43. The molecular weight excluding hydrogens is 188 g/mol. The molecule has 2 atom stereocenters. The van der Waals surface area contributed by atoms with Gasteiger partial charge in [0.25, 0.3) is 0 Å². The Morgan fingerprint density at radius 2 is 2.27 bits per heavy atom. The fraction of sp³-hybridized carbons (Fsp3) is 0.750. The fourth-order valence-corrected chi connectivity index (χ4v) is 2.15. The zero-order valence-electron chi connectivity index (χ0n) is 10.0. The molecule has 15 heavy (non-hydrogen) atoms. The van der Waals surface area contributed by atoms with Gasteiger partial charge in [0.1, 0.15) is 0 Å². The standard InChI is InChI=1S/C12H22N2O/c1-9(2)8-14(4)12(15)11-5-6-13-10(3)7-11/h10-11,13H,1,5-8H2,2-4H3. The second kappa shape index (κ2) is 5.31. The van der Waals surface area contributed by atoms with E-state index in [9.17, 15) is 4.79 Å². The van der Waals surface area contributed by atoms with Crippen LogP contribution in [-0.2, 0) is 4.79 Å². The first-order valence-corrected chi connectivity index (χ1v) is 5.63. The van der Waals surface area contributed by atoms with Gasteiger partial charge in [0.05, 0.1) is 0 Å². The van der Waals surface area contributed by atoms with Gasteiger partial charge in [-0.1, -0.05) is 12.2 Å². The first kappa shape index (κ1) is 12.2. The summed E-state index contributed by atoms with van der Waals surface area (Å²) >= 11 is 0. The molecule has 3 nitrogen and oxygen atoms in total. The quantitative estimate of drug-likeness (QED) is 0.714. The van der Waals surface area contributed by atoms with Crippen molar-refractivity contribution in [2.75, 3.05) is 20.1 Å². The van der Waals surface area contributed by atoms with Crippen LogP contribution < -0.4 is 5.32 Å². The van der Waals surface area contributed by atoms with Crippen LogP contribution in [0.2, 0.25) is 0 Å². The summed E-state index contributed by atoms with van der Waals surface area (Å²) in [5.41, 5.74) is 1.04. The second-order valence-corrected chi connectivity index (χ2v) is 4.73. The number of rotatable bonds is 3. The summed E-state index contributed by atoms with van der Waals surface area (Å²) in [5.74, 6) is 0.469. The first-order chi connectivity index (χ1) is 7.00. The molecule has 1 N–H and O–H groups in total. The van der Waals surface area contributed by atoms with Gasteiger partial charge in [0.15, 0.2) is 0 Å². The van der Waals surface area contributed by atoms with Gasteiger partial charge < -0.3 is 10.2 Å². The lowest BCUT2D eigenvalue weighted by molar-refractivity contribution is -0.134. The van der Waals surface area contributed by atoms with E-state index in [2.05, 4.69) is 18.8 Å². The average molecular weight is 210 g/mol. The van der Waals surface area contributed by atoms with E-state index in [-0.39, 0.29) is 11.8 Å². The largest absolute Gasteiger partial charge is 0.342 e. The van der Waals surface area contributed by atoms with E-state index in [1.807, 2.05) is 14.0 Å². The third kappa shape index (κ3) is 3.67. The molecule has 1 aliphatic rings. The molecule has 1 heterocycles. The topological polar surface area (TPSA) is 32.3 Å². The fourth-order valence-electron chi connectivity index (χ4n) is 2.15. The molecule has 0 aromatic heterocycles. The van der Waals surface area contributed by atoms with Crippen molar-refractivity contribution in [3.8, 4) is 0 Å². The smallest absolute Gasteiger partial charge is 0.225 e. The summed E-state index contributed by atoms with van der Waals surface area (Å²) in [4.78, 5) is 13.8. The van der Waals surface area contributed by atoms with Crippen LogP contribution in [0.3, 0.4) is 0 Å². The lowest BCUT2D eigenvalue weighted by Gasteiger charge is -2.30. The highest BCUT2D eigenvalue weighted by atomic mass is 16.2. The zero-order valence-corrected chi connectivity index (χ0v) is 10.0. The molecular formula is C12H22N2O. The van der Waals surface area contributed by atoms with Crippen molar-refractivity contribution >= 4 is 5.91 Å². The van der Waals surface area contributed by atoms with E-state index in [4.69, 9.17) is 0 Å². The van der Waals surface area contributed by atoms with Gasteiger partial charge >= 0.3 is 0 Å². The molecule has 0 aromatic rings. The number of amides is 1. The number of nitrogens with one attached hydrogen (secondary N) is 1. The van der Waals surface area contributed by atoms with Gasteiger partial charge in [-0.2, -0.15) is 0 Å². The summed E-state index contributed by atoms with van der Waals surface area (Å²) in [6, 6.07) is 0.464. The molecule has 0 spiro atoms. The summed E-state index contributed by atoms with van der Waals surface area (Å²) in [5, 5.41) is 3.36. The van der Waals surface area contributed by atoms with Gasteiger partial charge in [-0.15, -0.1) is 0 Å². The molecule has 3 heteroatoms. The van der Waals surface area contributed by atoms with E-state index < -0.39 is 0 Å². The molecule has 0 saturated carbocycles. The van der Waals surface area contributed by atoms with Crippen LogP contribution in [0.1, 0.15) is 26.7 Å². The Balaban J connectivity index is 2.47. The molecule has 0 aliphatic carbocycles. The molecule has 1 saturated heterocycles. The highest BCUT2D eigenvalue weighted by Crippen LogP contribution is 2.18. The maximum absolute atomic E-state index is 12.0. The number of likely N-dealkylation sites (N-methyl/N-ethyl adjacent to an activating group) is 1. The Bertz CT molecular complexity index is 250. The van der Waals surface area contributed by atoms with Crippen molar-refractivity contribution in [2.45, 2.75) is 32.7 Å². The third-order valence-corrected chi connectivity index (χ3v) is 2.86. The van der Waals surface area contributed by atoms with E-state index in [0.717, 1.165) is 25.0 Å². The van der Waals surface area contributed by atoms with E-state index >= 15 is 0 Å². The minimum absolute atomic E-state index is 0.200. The highest BCUT2D eigenvalue weighted by molar-refractivity contribution is 5.79. The summed E-state index contributed by atoms with van der Waals surface area (Å²) in [6.45, 7) is 9.56. The summed E-state index contributed by atoms with van der Waals surface area (Å²) in [6.07, 6.45) is 1.92. The van der Waals surface area contributed by atoms with Gasteiger partial charge in [-0.25, -0.2) is 0 Å². The molecule has 2 unspecified atom stereocenters. The normalized spacial score (nSPS) is 26.1. The van der Waals surface area contributed by atoms with Crippen molar-refractivity contribution in [2.24, 2.45) is 5.92 Å². The molecule has 1 rings (SSSR count). The monoisotopic (exact) mass is 210 g/mol. The van der Waals surface area contributed by atoms with E-state index in [1.54, 1.807) is 4.90 Å². The zero-order chi connectivity index (χ0) is 11.4. The molecule has 1 amide bonds. The van der Waals surface area contributed by atoms with Crippen LogP contribution in [0.15, 0.2) is 12.2 Å². The predicted molar refractivity (Wildman–Crippen MR) is 62.6 cm³/mol. The second-order valence-electron chi connectivity index (χ2n) is 4.73. The van der Waals surface area contributed by atoms with Gasteiger partial charge in [-0.3, -0.25) is 4.79 Å². The summed E-state index contributed by atoms with van der Waals surface area (Å²) in [7, 11) is 1.86. The number of carbonyl (C=O) groups excluding carboxylic acids is 1. The van der Waals surface area contributed by atoms with Crippen LogP contribution in [0.5, 0.6) is 0 Å². The molecule has 1 aliphatic heterocycles. The number of carbonyl (C=O) groups is 1. The SMILES string of the molecule is C=C(C)CN(C)C(=O)C1CCNC(C)C1. The number of nitrogens with zero attached hydrogens (tertiary/aromatic N) is 1. The van der Waals surface area contributed by atoms with Gasteiger partial charge in [0.2, 0.25) is 5.91 Å². The maximum Gasteiger partial charge on any atom is 0.225 e. The minimum Gasteiger partial charge on any atom is -0.342 e. The van der Waals surface area contributed by atoms with Crippen molar-refractivity contribution in [3.63, 3.8) is 0 Å². The van der Waals surface area contributed by atoms with Crippen LogP contribution >= 0.6 is 0 Å². The Kier molecular flexibility index (Phi) is 4.33. The first-order valence-electron chi connectivity index (χ1n) is 5.63. The van der Waals surface area contributed by atoms with Crippen molar-refractivity contribution in [1.29, 1.82) is 0 Å². The maximum atomic E-state index is 12.0. The molecule has 0 bridgehead atoms. The Morgan fingerprint density at radius 1 is 1.60 bits per heavy atom. The molecule has 0 radical (unpaired) electrons. The third-order valence-electron chi connectivity index (χ3n) is 2.86. The number of piperidine rings is 1. The van der Waals surface area contributed by atoms with E-state index in [0.29, 0.717) is 12.6 Å². The summed E-state index contributed by atoms with van der Waals surface area (Å²) < 4.78 is 0. The molecule has 86 valence electrons. The highest BCUT2D eigenvalue weighted by Gasteiger charge is 2.26. The van der Waals surface area contributed by atoms with Gasteiger partial charge in [0, 0.05) is 25.6 Å². The molecule has 1 fully saturated rings. The van der Waals surface area contributed by atoms with Crippen LogP contribution in [0, 0.1) is 5.92 Å². The molecule has 0 aromatic carbocycles. The van der Waals surface area contributed by atoms with Crippen LogP contribution in [-0.4, -0.2) is 37.0 Å². The number of hydrogen-bond acceptors (Lipinski definition) is 2.